The standard InChI is InChI=1S/C24H26ClN3O6S2/c1-23(2,25)11-12-24(3)16-8-6-5-7-15(16)20(29)19(21(24)30)22-26-17-10-9-14(27-35(4,31)32)13-18(17)36(33,34)28-22/h5-10,13,19,27H,11-12H2,1-4H3,(H,26,28). The zero-order valence-corrected chi connectivity index (χ0v) is 22.5. The van der Waals surface area contributed by atoms with E-state index in [-0.39, 0.29) is 22.1 Å². The molecule has 0 saturated heterocycles. The van der Waals surface area contributed by atoms with Crippen LogP contribution in [0.4, 0.5) is 11.4 Å². The Morgan fingerprint density at radius 3 is 2.47 bits per heavy atom. The maximum Gasteiger partial charge on any atom is 0.286 e. The number of fused-ring (bicyclic) bond motifs is 2. The lowest BCUT2D eigenvalue weighted by molar-refractivity contribution is -0.125. The van der Waals surface area contributed by atoms with E-state index in [1.165, 1.54) is 12.1 Å². The van der Waals surface area contributed by atoms with E-state index < -0.39 is 47.8 Å². The van der Waals surface area contributed by atoms with E-state index >= 15 is 0 Å². The molecule has 2 atom stereocenters. The van der Waals surface area contributed by atoms with Crippen LogP contribution in [-0.4, -0.2) is 45.4 Å². The molecule has 1 aliphatic heterocycles. The molecule has 0 aromatic heterocycles. The number of amidine groups is 1. The molecule has 0 amide bonds. The summed E-state index contributed by atoms with van der Waals surface area (Å²) in [6.45, 7) is 5.41. The lowest BCUT2D eigenvalue weighted by atomic mass is 9.63. The van der Waals surface area contributed by atoms with E-state index in [1.807, 2.05) is 13.8 Å². The number of rotatable bonds is 6. The van der Waals surface area contributed by atoms with Gasteiger partial charge in [0.25, 0.3) is 10.0 Å². The predicted octanol–water partition coefficient (Wildman–Crippen LogP) is 3.71. The van der Waals surface area contributed by atoms with Crippen LogP contribution in [0.2, 0.25) is 0 Å². The highest BCUT2D eigenvalue weighted by Gasteiger charge is 2.51. The van der Waals surface area contributed by atoms with Crippen molar-refractivity contribution in [3.05, 3.63) is 53.6 Å². The number of halogens is 1. The van der Waals surface area contributed by atoms with E-state index in [2.05, 4.69) is 14.4 Å². The van der Waals surface area contributed by atoms with Crippen LogP contribution in [0, 0.1) is 5.92 Å². The van der Waals surface area contributed by atoms with Gasteiger partial charge in [-0.15, -0.1) is 16.0 Å². The van der Waals surface area contributed by atoms with Crippen LogP contribution in [0.15, 0.2) is 51.8 Å². The van der Waals surface area contributed by atoms with Crippen molar-refractivity contribution in [2.75, 3.05) is 16.3 Å². The molecule has 2 aromatic carbocycles. The second kappa shape index (κ2) is 8.67. The number of carbonyl (C=O) groups is 2. The summed E-state index contributed by atoms with van der Waals surface area (Å²) >= 11 is 6.41. The minimum atomic E-state index is -4.35. The topological polar surface area (TPSA) is 139 Å². The monoisotopic (exact) mass is 551 g/mol. The summed E-state index contributed by atoms with van der Waals surface area (Å²) in [5.74, 6) is -2.75. The van der Waals surface area contributed by atoms with E-state index in [1.54, 1.807) is 31.2 Å². The molecule has 12 heteroatoms. The Morgan fingerprint density at radius 2 is 1.83 bits per heavy atom. The smallest absolute Gasteiger partial charge is 0.286 e. The van der Waals surface area contributed by atoms with Crippen LogP contribution < -0.4 is 10.0 Å². The first-order valence-corrected chi connectivity index (χ1v) is 14.8. The third-order valence-corrected chi connectivity index (χ3v) is 8.52. The predicted molar refractivity (Wildman–Crippen MR) is 139 cm³/mol. The first kappa shape index (κ1) is 26.3. The number of benzene rings is 2. The number of Topliss-reactive ketones (excluding diaryl/α,β-unsaturated/α-hetero) is 2. The molecular formula is C24H26ClN3O6S2. The van der Waals surface area contributed by atoms with Gasteiger partial charge in [0, 0.05) is 16.1 Å². The molecule has 0 saturated carbocycles. The molecule has 2 aliphatic rings. The first-order valence-electron chi connectivity index (χ1n) is 11.1. The quantitative estimate of drug-likeness (QED) is 0.412. The summed E-state index contributed by atoms with van der Waals surface area (Å²) < 4.78 is 55.3. The zero-order chi connectivity index (χ0) is 26.7. The number of ketones is 2. The van der Waals surface area contributed by atoms with Crippen molar-refractivity contribution in [3.63, 3.8) is 0 Å². The summed E-state index contributed by atoms with van der Waals surface area (Å²) in [4.78, 5) is 26.6. The number of hydrogen-bond donors (Lipinski definition) is 2. The molecule has 192 valence electrons. The Morgan fingerprint density at radius 1 is 1.17 bits per heavy atom. The van der Waals surface area contributed by atoms with Crippen LogP contribution in [-0.2, 0) is 30.3 Å². The second-order valence-corrected chi connectivity index (χ2v) is 14.3. The number of nitrogens with one attached hydrogen (secondary N) is 2. The van der Waals surface area contributed by atoms with Crippen molar-refractivity contribution in [2.24, 2.45) is 10.3 Å². The summed E-state index contributed by atoms with van der Waals surface area (Å²) in [6.07, 6.45) is 1.76. The third-order valence-electron chi connectivity index (χ3n) is 6.39. The van der Waals surface area contributed by atoms with Crippen molar-refractivity contribution < 1.29 is 26.4 Å². The minimum Gasteiger partial charge on any atom is -0.341 e. The molecule has 0 radical (unpaired) electrons. The lowest BCUT2D eigenvalue weighted by Crippen LogP contribution is -2.51. The van der Waals surface area contributed by atoms with Crippen molar-refractivity contribution in [3.8, 4) is 0 Å². The Hall–Kier alpha value is -2.76. The fourth-order valence-electron chi connectivity index (χ4n) is 4.54. The minimum absolute atomic E-state index is 0.0373. The van der Waals surface area contributed by atoms with Crippen molar-refractivity contribution in [1.82, 2.24) is 0 Å². The van der Waals surface area contributed by atoms with E-state index in [9.17, 15) is 26.4 Å². The van der Waals surface area contributed by atoms with Crippen LogP contribution >= 0.6 is 11.6 Å². The normalized spacial score (nSPS) is 23.2. The van der Waals surface area contributed by atoms with E-state index in [0.717, 1.165) is 12.3 Å². The summed E-state index contributed by atoms with van der Waals surface area (Å²) in [5, 5.41) is 2.84. The molecule has 0 fully saturated rings. The molecule has 4 rings (SSSR count). The van der Waals surface area contributed by atoms with Gasteiger partial charge in [0.05, 0.1) is 17.4 Å². The van der Waals surface area contributed by atoms with Gasteiger partial charge in [-0.25, -0.2) is 8.42 Å². The molecule has 1 aliphatic carbocycles. The van der Waals surface area contributed by atoms with Gasteiger partial charge < -0.3 is 5.32 Å². The van der Waals surface area contributed by atoms with Crippen molar-refractivity contribution in [2.45, 2.75) is 48.8 Å². The van der Waals surface area contributed by atoms with Gasteiger partial charge >= 0.3 is 0 Å². The SMILES string of the molecule is CC(C)(Cl)CCC1(C)C(=O)C(C2=NS(=O)(=O)c3cc(NS(C)(=O)=O)ccc3N2)C(=O)c2ccccc21. The summed E-state index contributed by atoms with van der Waals surface area (Å²) in [6, 6.07) is 10.7. The van der Waals surface area contributed by atoms with Gasteiger partial charge in [0.2, 0.25) is 10.0 Å². The molecule has 2 aromatic rings. The van der Waals surface area contributed by atoms with Crippen LogP contribution in [0.3, 0.4) is 0 Å². The van der Waals surface area contributed by atoms with Crippen molar-refractivity contribution >= 4 is 60.4 Å². The van der Waals surface area contributed by atoms with Crippen LogP contribution in [0.25, 0.3) is 0 Å². The highest BCUT2D eigenvalue weighted by molar-refractivity contribution is 7.92. The van der Waals surface area contributed by atoms with Crippen molar-refractivity contribution in [1.29, 1.82) is 0 Å². The van der Waals surface area contributed by atoms with E-state index in [0.29, 0.717) is 24.0 Å². The summed E-state index contributed by atoms with van der Waals surface area (Å²) in [5.41, 5.74) is -0.0677. The zero-order valence-electron chi connectivity index (χ0n) is 20.1. The highest BCUT2D eigenvalue weighted by atomic mass is 35.5. The van der Waals surface area contributed by atoms with Gasteiger partial charge in [-0.1, -0.05) is 24.3 Å². The second-order valence-electron chi connectivity index (χ2n) is 9.92. The fourth-order valence-corrected chi connectivity index (χ4v) is 6.37. The highest BCUT2D eigenvalue weighted by Crippen LogP contribution is 2.43. The maximum absolute atomic E-state index is 13.9. The molecular weight excluding hydrogens is 526 g/mol. The molecule has 0 bridgehead atoms. The lowest BCUT2D eigenvalue weighted by Gasteiger charge is -2.39. The number of alkyl halides is 1. The van der Waals surface area contributed by atoms with Crippen LogP contribution in [0.1, 0.15) is 49.5 Å². The first-order chi connectivity index (χ1) is 16.5. The van der Waals surface area contributed by atoms with Gasteiger partial charge in [-0.3, -0.25) is 14.3 Å². The van der Waals surface area contributed by atoms with Gasteiger partial charge in [0.1, 0.15) is 16.6 Å². The Bertz CT molecular complexity index is 1530. The fraction of sp³-hybridized carbons (Fsp3) is 0.375. The molecule has 1 heterocycles. The molecule has 9 nitrogen and oxygen atoms in total. The number of sulfonamides is 2. The molecule has 2 unspecified atom stereocenters. The van der Waals surface area contributed by atoms with Gasteiger partial charge in [-0.05, 0) is 57.4 Å². The third kappa shape index (κ3) is 4.91. The Balaban J connectivity index is 1.79. The number of hydrogen-bond acceptors (Lipinski definition) is 7. The number of anilines is 2. The number of carbonyl (C=O) groups excluding carboxylic acids is 2. The average molecular weight is 552 g/mol. The number of nitrogens with zero attached hydrogens (tertiary/aromatic N) is 1. The maximum atomic E-state index is 13.9. The average Bonchev–Trinajstić information content (AvgIpc) is 2.75. The molecule has 2 N–H and O–H groups in total. The Kier molecular flexibility index (Phi) is 6.34. The van der Waals surface area contributed by atoms with Gasteiger partial charge in [0.15, 0.2) is 11.6 Å². The molecule has 36 heavy (non-hydrogen) atoms. The van der Waals surface area contributed by atoms with Crippen LogP contribution in [0.5, 0.6) is 0 Å². The summed E-state index contributed by atoms with van der Waals surface area (Å²) in [7, 11) is -7.99. The van der Waals surface area contributed by atoms with Gasteiger partial charge in [-0.2, -0.15) is 8.42 Å². The molecule has 0 spiro atoms. The largest absolute Gasteiger partial charge is 0.341 e. The Labute approximate surface area is 215 Å². The van der Waals surface area contributed by atoms with E-state index in [4.69, 9.17) is 11.6 Å².